The lowest BCUT2D eigenvalue weighted by Crippen LogP contribution is -2.30. The molecule has 134 valence electrons. The van der Waals surface area contributed by atoms with E-state index in [0.29, 0.717) is 5.56 Å². The lowest BCUT2D eigenvalue weighted by atomic mass is 9.94. The van der Waals surface area contributed by atoms with Crippen LogP contribution in [0, 0.1) is 11.6 Å². The molecule has 2 nitrogen and oxygen atoms in total. The van der Waals surface area contributed by atoms with Gasteiger partial charge in [-0.3, -0.25) is 4.98 Å². The van der Waals surface area contributed by atoms with Gasteiger partial charge in [0.05, 0.1) is 35.9 Å². The summed E-state index contributed by atoms with van der Waals surface area (Å²) in [5.41, 5.74) is -0.694. The third kappa shape index (κ3) is 3.24. The average Bonchev–Trinajstić information content (AvgIpc) is 2.60. The van der Waals surface area contributed by atoms with Crippen molar-refractivity contribution in [3.05, 3.63) is 89.7 Å². The second-order valence-electron chi connectivity index (χ2n) is 5.55. The molecule has 0 spiro atoms. The third-order valence-electron chi connectivity index (χ3n) is 3.89. The van der Waals surface area contributed by atoms with Crippen molar-refractivity contribution in [2.75, 3.05) is 6.54 Å². The van der Waals surface area contributed by atoms with E-state index in [1.54, 1.807) is 30.3 Å². The summed E-state index contributed by atoms with van der Waals surface area (Å²) in [6, 6.07) is 8.17. The van der Waals surface area contributed by atoms with E-state index in [-0.39, 0.29) is 11.3 Å². The van der Waals surface area contributed by atoms with Crippen molar-refractivity contribution in [3.8, 4) is 0 Å². The van der Waals surface area contributed by atoms with E-state index >= 15 is 0 Å². The van der Waals surface area contributed by atoms with E-state index < -0.39 is 41.7 Å². The van der Waals surface area contributed by atoms with Gasteiger partial charge in [0.25, 0.3) is 6.43 Å². The summed E-state index contributed by atoms with van der Waals surface area (Å²) in [5, 5.41) is 0. The molecule has 1 aromatic heterocycles. The number of hydrogen-bond acceptors (Lipinski definition) is 2. The molecule has 0 amide bonds. The summed E-state index contributed by atoms with van der Waals surface area (Å²) in [4.78, 5) is 4.20. The van der Waals surface area contributed by atoms with Gasteiger partial charge in [-0.05, 0) is 11.6 Å². The smallest absolute Gasteiger partial charge is 0.256 e. The van der Waals surface area contributed by atoms with Crippen LogP contribution in [0.15, 0.2) is 66.9 Å². The fraction of sp³-hybridized carbons (Fsp3) is 0.105. The Balaban J connectivity index is 2.35. The van der Waals surface area contributed by atoms with Crippen molar-refractivity contribution in [1.82, 2.24) is 9.88 Å². The molecule has 0 aliphatic carbocycles. The molecular weight excluding hydrogens is 351 g/mol. The van der Waals surface area contributed by atoms with Crippen LogP contribution in [0.25, 0.3) is 11.3 Å². The number of benzene rings is 1. The Labute approximate surface area is 146 Å². The molecular formula is C19H13F5N2. The maximum absolute atomic E-state index is 14.4. The SMILES string of the molecule is C=C1C(F)=CC(c2ccccc2)=C(c2c(F)cncc2F)N1CC(F)F. The molecule has 0 fully saturated rings. The van der Waals surface area contributed by atoms with Crippen LogP contribution < -0.4 is 0 Å². The Bertz CT molecular complexity index is 883. The van der Waals surface area contributed by atoms with Crippen LogP contribution in [0.2, 0.25) is 0 Å². The zero-order chi connectivity index (χ0) is 18.8. The molecule has 0 unspecified atom stereocenters. The predicted molar refractivity (Wildman–Crippen MR) is 88.5 cm³/mol. The summed E-state index contributed by atoms with van der Waals surface area (Å²) in [7, 11) is 0. The summed E-state index contributed by atoms with van der Waals surface area (Å²) in [5.74, 6) is -2.95. The van der Waals surface area contributed by atoms with Crippen LogP contribution in [-0.4, -0.2) is 22.9 Å². The lowest BCUT2D eigenvalue weighted by molar-refractivity contribution is 0.122. The highest BCUT2D eigenvalue weighted by atomic mass is 19.3. The van der Waals surface area contributed by atoms with E-state index in [9.17, 15) is 22.0 Å². The van der Waals surface area contributed by atoms with Gasteiger partial charge in [0.15, 0.2) is 11.6 Å². The summed E-state index contributed by atoms with van der Waals surface area (Å²) in [6.07, 6.45) is -0.301. The number of rotatable bonds is 4. The van der Waals surface area contributed by atoms with Gasteiger partial charge in [-0.1, -0.05) is 36.9 Å². The van der Waals surface area contributed by atoms with Crippen molar-refractivity contribution in [1.29, 1.82) is 0 Å². The average molecular weight is 364 g/mol. The number of pyridine rings is 1. The molecule has 7 heteroatoms. The Morgan fingerprint density at radius 2 is 1.62 bits per heavy atom. The van der Waals surface area contributed by atoms with Crippen LogP contribution in [0.4, 0.5) is 22.0 Å². The second-order valence-corrected chi connectivity index (χ2v) is 5.55. The molecule has 0 radical (unpaired) electrons. The van der Waals surface area contributed by atoms with Gasteiger partial charge in [-0.2, -0.15) is 0 Å². The highest BCUT2D eigenvalue weighted by Crippen LogP contribution is 2.41. The molecule has 1 aromatic carbocycles. The van der Waals surface area contributed by atoms with Gasteiger partial charge in [-0.25, -0.2) is 22.0 Å². The fourth-order valence-corrected chi connectivity index (χ4v) is 2.77. The predicted octanol–water partition coefficient (Wildman–Crippen LogP) is 5.18. The molecule has 0 bridgehead atoms. The monoisotopic (exact) mass is 364 g/mol. The molecule has 2 heterocycles. The van der Waals surface area contributed by atoms with Crippen LogP contribution in [0.5, 0.6) is 0 Å². The first-order valence-corrected chi connectivity index (χ1v) is 7.61. The Kier molecular flexibility index (Phi) is 4.88. The van der Waals surface area contributed by atoms with Gasteiger partial charge in [0.2, 0.25) is 0 Å². The highest BCUT2D eigenvalue weighted by molar-refractivity contribution is 5.97. The summed E-state index contributed by atoms with van der Waals surface area (Å²) >= 11 is 0. The van der Waals surface area contributed by atoms with E-state index in [1.807, 2.05) is 0 Å². The molecule has 3 rings (SSSR count). The van der Waals surface area contributed by atoms with E-state index in [0.717, 1.165) is 23.4 Å². The topological polar surface area (TPSA) is 16.1 Å². The minimum absolute atomic E-state index is 0.0696. The van der Waals surface area contributed by atoms with Crippen molar-refractivity contribution in [2.45, 2.75) is 6.43 Å². The summed E-state index contributed by atoms with van der Waals surface area (Å²) < 4.78 is 69.3. The van der Waals surface area contributed by atoms with E-state index in [2.05, 4.69) is 11.6 Å². The molecule has 0 saturated heterocycles. The van der Waals surface area contributed by atoms with Gasteiger partial charge >= 0.3 is 0 Å². The Morgan fingerprint density at radius 1 is 1.00 bits per heavy atom. The van der Waals surface area contributed by atoms with Crippen molar-refractivity contribution < 1.29 is 22.0 Å². The number of halogens is 5. The Hall–Kier alpha value is -2.96. The highest BCUT2D eigenvalue weighted by Gasteiger charge is 2.31. The normalized spacial score (nSPS) is 14.9. The van der Waals surface area contributed by atoms with Crippen LogP contribution in [-0.2, 0) is 0 Å². The number of allylic oxidation sites excluding steroid dienone is 3. The largest absolute Gasteiger partial charge is 0.333 e. The second kappa shape index (κ2) is 7.11. The van der Waals surface area contributed by atoms with Crippen molar-refractivity contribution >= 4 is 11.3 Å². The minimum Gasteiger partial charge on any atom is -0.333 e. The molecule has 0 atom stereocenters. The molecule has 0 N–H and O–H groups in total. The molecule has 26 heavy (non-hydrogen) atoms. The van der Waals surface area contributed by atoms with Crippen LogP contribution in [0.3, 0.4) is 0 Å². The summed E-state index contributed by atoms with van der Waals surface area (Å²) in [6.45, 7) is 2.48. The zero-order valence-corrected chi connectivity index (χ0v) is 13.4. The number of hydrogen-bond donors (Lipinski definition) is 0. The van der Waals surface area contributed by atoms with Crippen LogP contribution in [0.1, 0.15) is 11.1 Å². The maximum atomic E-state index is 14.4. The van der Waals surface area contributed by atoms with E-state index in [4.69, 9.17) is 0 Å². The molecule has 1 aliphatic heterocycles. The molecule has 1 aliphatic rings. The standard InChI is InChI=1S/C19H13F5N2/c1-11-14(20)7-13(12-5-3-2-4-6-12)19(26(11)10-17(23)24)18-15(21)8-25-9-16(18)22/h2-9,17H,1,10H2. The van der Waals surface area contributed by atoms with Crippen LogP contribution >= 0.6 is 0 Å². The third-order valence-corrected chi connectivity index (χ3v) is 3.89. The Morgan fingerprint density at radius 3 is 2.19 bits per heavy atom. The van der Waals surface area contributed by atoms with Gasteiger partial charge in [0.1, 0.15) is 5.83 Å². The first-order valence-electron chi connectivity index (χ1n) is 7.61. The minimum atomic E-state index is -2.88. The number of alkyl halides is 2. The molecule has 2 aromatic rings. The fourth-order valence-electron chi connectivity index (χ4n) is 2.77. The first kappa shape index (κ1) is 17.8. The van der Waals surface area contributed by atoms with Gasteiger partial charge < -0.3 is 4.90 Å². The maximum Gasteiger partial charge on any atom is 0.256 e. The van der Waals surface area contributed by atoms with Crippen molar-refractivity contribution in [3.63, 3.8) is 0 Å². The quantitative estimate of drug-likeness (QED) is 0.696. The zero-order valence-electron chi connectivity index (χ0n) is 13.4. The first-order chi connectivity index (χ1) is 12.4. The van der Waals surface area contributed by atoms with Gasteiger partial charge in [0, 0.05) is 5.57 Å². The number of nitrogens with zero attached hydrogens (tertiary/aromatic N) is 2. The van der Waals surface area contributed by atoms with E-state index in [1.165, 1.54) is 0 Å². The van der Waals surface area contributed by atoms with Gasteiger partial charge in [-0.15, -0.1) is 0 Å². The van der Waals surface area contributed by atoms with Crippen molar-refractivity contribution in [2.24, 2.45) is 0 Å². The number of aromatic nitrogens is 1. The lowest BCUT2D eigenvalue weighted by Gasteiger charge is -2.33. The molecule has 0 saturated carbocycles.